The zero-order valence-electron chi connectivity index (χ0n) is 22.3. The first-order valence-corrected chi connectivity index (χ1v) is 13.6. The standard InChI is InChI=1S/C15H20N2O2S.C13H12Cl2O3/c1-5-19-10(2)11-7-6-8-12(14(11)18-4)13-9-20-15(16-3)17-13;1-3-18-13(17)8(2)4-10-11(14)5-9(7-16)6-12(10)15/h6-10H,5H2,1-4H3,(H,16,17);4-7H,3H2,1-2H3/b;8-4+. The van der Waals surface area contributed by atoms with Crippen molar-refractivity contribution in [3.05, 3.63) is 68.0 Å². The molecule has 1 aromatic heterocycles. The summed E-state index contributed by atoms with van der Waals surface area (Å²) in [5, 5.41) is 6.60. The van der Waals surface area contributed by atoms with Crippen molar-refractivity contribution in [1.29, 1.82) is 0 Å². The van der Waals surface area contributed by atoms with Crippen LogP contribution < -0.4 is 10.1 Å². The summed E-state index contributed by atoms with van der Waals surface area (Å²) >= 11 is 13.6. The lowest BCUT2D eigenvalue weighted by atomic mass is 10.0. The highest BCUT2D eigenvalue weighted by Gasteiger charge is 2.17. The average Bonchev–Trinajstić information content (AvgIpc) is 3.40. The van der Waals surface area contributed by atoms with Crippen LogP contribution in [0.2, 0.25) is 10.0 Å². The summed E-state index contributed by atoms with van der Waals surface area (Å²) in [4.78, 5) is 26.6. The molecular formula is C28H32Cl2N2O5S. The number of carbonyl (C=O) groups excluding carboxylic acids is 2. The highest BCUT2D eigenvalue weighted by molar-refractivity contribution is 7.14. The van der Waals surface area contributed by atoms with Crippen molar-refractivity contribution >= 4 is 58.0 Å². The number of carbonyl (C=O) groups is 2. The topological polar surface area (TPSA) is 86.8 Å². The summed E-state index contributed by atoms with van der Waals surface area (Å²) in [6.45, 7) is 8.34. The second kappa shape index (κ2) is 15.5. The normalized spacial score (nSPS) is 11.7. The Labute approximate surface area is 237 Å². The van der Waals surface area contributed by atoms with E-state index in [0.29, 0.717) is 46.2 Å². The van der Waals surface area contributed by atoms with Crippen molar-refractivity contribution in [3.8, 4) is 17.0 Å². The number of esters is 1. The van der Waals surface area contributed by atoms with Gasteiger partial charge >= 0.3 is 5.97 Å². The Morgan fingerprint density at radius 3 is 2.39 bits per heavy atom. The van der Waals surface area contributed by atoms with Gasteiger partial charge in [-0.15, -0.1) is 11.3 Å². The van der Waals surface area contributed by atoms with Crippen LogP contribution in [0.4, 0.5) is 5.13 Å². The molecule has 3 aromatic rings. The maximum Gasteiger partial charge on any atom is 0.333 e. The number of nitrogens with zero attached hydrogens (tertiary/aromatic N) is 1. The zero-order chi connectivity index (χ0) is 28.2. The predicted octanol–water partition coefficient (Wildman–Crippen LogP) is 7.73. The van der Waals surface area contributed by atoms with Crippen LogP contribution in [-0.2, 0) is 14.3 Å². The number of methoxy groups -OCH3 is 1. The van der Waals surface area contributed by atoms with Crippen LogP contribution in [0.25, 0.3) is 17.3 Å². The summed E-state index contributed by atoms with van der Waals surface area (Å²) in [6, 6.07) is 9.06. The molecule has 0 aliphatic heterocycles. The van der Waals surface area contributed by atoms with Crippen LogP contribution in [0, 0.1) is 0 Å². The lowest BCUT2D eigenvalue weighted by molar-refractivity contribution is -0.138. The van der Waals surface area contributed by atoms with E-state index in [1.807, 2.05) is 44.5 Å². The van der Waals surface area contributed by atoms with Gasteiger partial charge in [0.1, 0.15) is 12.0 Å². The van der Waals surface area contributed by atoms with Crippen LogP contribution >= 0.6 is 34.5 Å². The van der Waals surface area contributed by atoms with E-state index in [4.69, 9.17) is 37.4 Å². The summed E-state index contributed by atoms with van der Waals surface area (Å²) in [6.07, 6.45) is 2.19. The number of nitrogens with one attached hydrogen (secondary N) is 1. The zero-order valence-corrected chi connectivity index (χ0v) is 24.6. The molecule has 0 fully saturated rings. The molecule has 204 valence electrons. The molecule has 0 bridgehead atoms. The van der Waals surface area contributed by atoms with E-state index < -0.39 is 5.97 Å². The molecule has 0 saturated heterocycles. The summed E-state index contributed by atoms with van der Waals surface area (Å²) in [7, 11) is 3.56. The molecule has 7 nitrogen and oxygen atoms in total. The van der Waals surface area contributed by atoms with Gasteiger partial charge in [-0.1, -0.05) is 35.3 Å². The number of thiazole rings is 1. The second-order valence-corrected chi connectivity index (χ2v) is 9.55. The Morgan fingerprint density at radius 2 is 1.87 bits per heavy atom. The number of hydrogen-bond acceptors (Lipinski definition) is 8. The number of ether oxygens (including phenoxy) is 3. The van der Waals surface area contributed by atoms with Gasteiger partial charge in [0, 0.05) is 46.9 Å². The molecule has 0 aliphatic carbocycles. The summed E-state index contributed by atoms with van der Waals surface area (Å²) < 4.78 is 16.1. The van der Waals surface area contributed by atoms with Gasteiger partial charge in [0.15, 0.2) is 5.13 Å². The first kappa shape index (κ1) is 31.3. The Balaban J connectivity index is 0.000000269. The van der Waals surface area contributed by atoms with Crippen LogP contribution in [0.5, 0.6) is 5.75 Å². The van der Waals surface area contributed by atoms with E-state index >= 15 is 0 Å². The van der Waals surface area contributed by atoms with Crippen molar-refractivity contribution in [3.63, 3.8) is 0 Å². The molecule has 1 N–H and O–H groups in total. The van der Waals surface area contributed by atoms with Crippen molar-refractivity contribution in [2.75, 3.05) is 32.7 Å². The molecule has 0 spiro atoms. The van der Waals surface area contributed by atoms with Crippen molar-refractivity contribution in [2.24, 2.45) is 0 Å². The molecule has 0 amide bonds. The number of halogens is 2. The predicted molar refractivity (Wildman–Crippen MR) is 156 cm³/mol. The fourth-order valence-corrected chi connectivity index (χ4v) is 4.77. The van der Waals surface area contributed by atoms with Crippen molar-refractivity contribution < 1.29 is 23.8 Å². The molecule has 10 heteroatoms. The van der Waals surface area contributed by atoms with Gasteiger partial charge < -0.3 is 19.5 Å². The quantitative estimate of drug-likeness (QED) is 0.149. The minimum atomic E-state index is -0.427. The second-order valence-electron chi connectivity index (χ2n) is 7.88. The minimum Gasteiger partial charge on any atom is -0.496 e. The van der Waals surface area contributed by atoms with Gasteiger partial charge in [-0.2, -0.15) is 0 Å². The van der Waals surface area contributed by atoms with E-state index in [1.165, 1.54) is 18.2 Å². The van der Waals surface area contributed by atoms with Gasteiger partial charge in [0.2, 0.25) is 0 Å². The summed E-state index contributed by atoms with van der Waals surface area (Å²) in [5.41, 5.74) is 4.23. The number of aldehydes is 1. The van der Waals surface area contributed by atoms with E-state index in [2.05, 4.69) is 10.3 Å². The van der Waals surface area contributed by atoms with Gasteiger partial charge in [0.25, 0.3) is 0 Å². The van der Waals surface area contributed by atoms with Crippen molar-refractivity contribution in [1.82, 2.24) is 4.98 Å². The third-order valence-corrected chi connectivity index (χ3v) is 6.78. The van der Waals surface area contributed by atoms with Gasteiger partial charge in [-0.25, -0.2) is 9.78 Å². The average molecular weight is 580 g/mol. The first-order valence-electron chi connectivity index (χ1n) is 11.9. The lowest BCUT2D eigenvalue weighted by Crippen LogP contribution is -2.04. The van der Waals surface area contributed by atoms with E-state index in [9.17, 15) is 9.59 Å². The number of para-hydroxylation sites is 1. The SMILES string of the molecule is CCOC(=O)/C(C)=C/c1c(Cl)cc(C=O)cc1Cl.CCOC(C)c1cccc(-c2csc(NC)n2)c1OC. The lowest BCUT2D eigenvalue weighted by Gasteiger charge is -2.17. The largest absolute Gasteiger partial charge is 0.496 e. The Kier molecular flexibility index (Phi) is 12.8. The van der Waals surface area contributed by atoms with Crippen molar-refractivity contribution in [2.45, 2.75) is 33.8 Å². The molecule has 1 atom stereocenters. The molecule has 2 aromatic carbocycles. The van der Waals surface area contributed by atoms with E-state index in [0.717, 1.165) is 27.7 Å². The number of aromatic nitrogens is 1. The highest BCUT2D eigenvalue weighted by atomic mass is 35.5. The molecular weight excluding hydrogens is 547 g/mol. The Hall–Kier alpha value is -2.91. The maximum atomic E-state index is 11.5. The number of rotatable bonds is 10. The minimum absolute atomic E-state index is 0.00249. The van der Waals surface area contributed by atoms with E-state index in [-0.39, 0.29) is 6.10 Å². The highest BCUT2D eigenvalue weighted by Crippen LogP contribution is 2.38. The van der Waals surface area contributed by atoms with E-state index in [1.54, 1.807) is 32.3 Å². The smallest absolute Gasteiger partial charge is 0.333 e. The molecule has 1 unspecified atom stereocenters. The third kappa shape index (κ3) is 8.30. The fraction of sp³-hybridized carbons (Fsp3) is 0.321. The van der Waals surface area contributed by atoms with Crippen LogP contribution in [0.15, 0.2) is 41.3 Å². The third-order valence-electron chi connectivity index (χ3n) is 5.29. The number of benzene rings is 2. The Bertz CT molecular complexity index is 1250. The van der Waals surface area contributed by atoms with Gasteiger partial charge in [-0.3, -0.25) is 4.79 Å². The molecule has 3 rings (SSSR count). The van der Waals surface area contributed by atoms with Gasteiger partial charge in [-0.05, 0) is 52.0 Å². The van der Waals surface area contributed by atoms with Crippen LogP contribution in [0.1, 0.15) is 55.3 Å². The first-order chi connectivity index (χ1) is 18.2. The van der Waals surface area contributed by atoms with Crippen LogP contribution in [0.3, 0.4) is 0 Å². The number of hydrogen-bond donors (Lipinski definition) is 1. The monoisotopic (exact) mass is 578 g/mol. The fourth-order valence-electron chi connectivity index (χ4n) is 3.49. The van der Waals surface area contributed by atoms with Crippen LogP contribution in [-0.4, -0.2) is 44.6 Å². The number of anilines is 1. The Morgan fingerprint density at radius 1 is 1.18 bits per heavy atom. The molecule has 1 heterocycles. The molecule has 0 radical (unpaired) electrons. The molecule has 0 saturated carbocycles. The maximum absolute atomic E-state index is 11.5. The summed E-state index contributed by atoms with van der Waals surface area (Å²) in [5.74, 6) is 0.408. The molecule has 0 aliphatic rings. The van der Waals surface area contributed by atoms with Gasteiger partial charge in [0.05, 0.1) is 35.6 Å². The molecule has 38 heavy (non-hydrogen) atoms.